The summed E-state index contributed by atoms with van der Waals surface area (Å²) in [5, 5.41) is 0. The van der Waals surface area contributed by atoms with Gasteiger partial charge in [-0.15, -0.1) is 0 Å². The smallest absolute Gasteiger partial charge is 0.343 e. The van der Waals surface area contributed by atoms with Crippen molar-refractivity contribution in [1.29, 1.82) is 0 Å². The Balaban J connectivity index is 1.93. The third-order valence-electron chi connectivity index (χ3n) is 2.90. The lowest BCUT2D eigenvalue weighted by molar-refractivity contribution is -0.130. The van der Waals surface area contributed by atoms with E-state index in [1.807, 2.05) is 31.2 Å². The van der Waals surface area contributed by atoms with Gasteiger partial charge >= 0.3 is 5.97 Å². The summed E-state index contributed by atoms with van der Waals surface area (Å²) in [6, 6.07) is 11.4. The van der Waals surface area contributed by atoms with Crippen LogP contribution >= 0.6 is 0 Å². The van der Waals surface area contributed by atoms with E-state index >= 15 is 0 Å². The summed E-state index contributed by atoms with van der Waals surface area (Å²) in [6.07, 6.45) is 4.97. The molecule has 0 atom stereocenters. The van der Waals surface area contributed by atoms with Crippen molar-refractivity contribution in [2.45, 2.75) is 6.92 Å². The Bertz CT molecular complexity index is 659. The van der Waals surface area contributed by atoms with Crippen molar-refractivity contribution in [2.24, 2.45) is 0 Å². The SMILES string of the molecule is Cc1ccc(C2=CC(=Cc3ccco3)C(=O)O2)cc1. The quantitative estimate of drug-likeness (QED) is 0.606. The number of esters is 1. The topological polar surface area (TPSA) is 39.4 Å². The zero-order chi connectivity index (χ0) is 13.2. The average molecular weight is 252 g/mol. The lowest BCUT2D eigenvalue weighted by Crippen LogP contribution is -1.96. The van der Waals surface area contributed by atoms with Crippen LogP contribution in [0.2, 0.25) is 0 Å². The van der Waals surface area contributed by atoms with Crippen LogP contribution in [0.4, 0.5) is 0 Å². The molecule has 0 N–H and O–H groups in total. The van der Waals surface area contributed by atoms with Crippen molar-refractivity contribution in [3.63, 3.8) is 0 Å². The first-order chi connectivity index (χ1) is 9.22. The van der Waals surface area contributed by atoms with Crippen LogP contribution < -0.4 is 0 Å². The van der Waals surface area contributed by atoms with Gasteiger partial charge in [-0.05, 0) is 31.2 Å². The summed E-state index contributed by atoms with van der Waals surface area (Å²) in [6.45, 7) is 2.01. The zero-order valence-corrected chi connectivity index (χ0v) is 10.4. The summed E-state index contributed by atoms with van der Waals surface area (Å²) in [5.41, 5.74) is 2.55. The van der Waals surface area contributed by atoms with Crippen molar-refractivity contribution in [1.82, 2.24) is 0 Å². The van der Waals surface area contributed by atoms with Crippen LogP contribution in [0.25, 0.3) is 11.8 Å². The second-order valence-electron chi connectivity index (χ2n) is 4.38. The van der Waals surface area contributed by atoms with Gasteiger partial charge in [0.05, 0.1) is 11.8 Å². The Morgan fingerprint density at radius 3 is 2.58 bits per heavy atom. The number of hydrogen-bond donors (Lipinski definition) is 0. The molecule has 0 spiro atoms. The molecule has 0 aliphatic carbocycles. The third-order valence-corrected chi connectivity index (χ3v) is 2.90. The Morgan fingerprint density at radius 1 is 1.11 bits per heavy atom. The van der Waals surface area contributed by atoms with Crippen LogP contribution in [0, 0.1) is 6.92 Å². The molecular weight excluding hydrogens is 240 g/mol. The van der Waals surface area contributed by atoms with Crippen LogP contribution in [0.3, 0.4) is 0 Å². The lowest BCUT2D eigenvalue weighted by atomic mass is 10.1. The van der Waals surface area contributed by atoms with Crippen molar-refractivity contribution < 1.29 is 13.9 Å². The molecule has 19 heavy (non-hydrogen) atoms. The van der Waals surface area contributed by atoms with Crippen LogP contribution in [0.1, 0.15) is 16.9 Å². The molecule has 0 amide bonds. The molecule has 3 rings (SSSR count). The lowest BCUT2D eigenvalue weighted by Gasteiger charge is -2.01. The van der Waals surface area contributed by atoms with E-state index in [2.05, 4.69) is 0 Å². The maximum atomic E-state index is 11.8. The molecule has 2 aromatic rings. The molecule has 0 radical (unpaired) electrons. The summed E-state index contributed by atoms with van der Waals surface area (Å²) in [5.74, 6) is 0.850. The molecule has 0 fully saturated rings. The molecule has 0 unspecified atom stereocenters. The Morgan fingerprint density at radius 2 is 1.89 bits per heavy atom. The van der Waals surface area contributed by atoms with Gasteiger partial charge in [-0.25, -0.2) is 4.79 Å². The van der Waals surface area contributed by atoms with E-state index in [9.17, 15) is 4.79 Å². The molecule has 94 valence electrons. The maximum Gasteiger partial charge on any atom is 0.343 e. The molecular formula is C16H12O3. The summed E-state index contributed by atoms with van der Waals surface area (Å²) in [7, 11) is 0. The Kier molecular flexibility index (Phi) is 2.80. The average Bonchev–Trinajstić information content (AvgIpc) is 3.02. The van der Waals surface area contributed by atoms with E-state index in [1.165, 1.54) is 5.56 Å². The third kappa shape index (κ3) is 2.36. The predicted molar refractivity (Wildman–Crippen MR) is 71.9 cm³/mol. The van der Waals surface area contributed by atoms with Gasteiger partial charge in [0.15, 0.2) is 0 Å². The highest BCUT2D eigenvalue weighted by Gasteiger charge is 2.22. The fourth-order valence-electron chi connectivity index (χ4n) is 1.88. The molecule has 1 aliphatic heterocycles. The molecule has 0 bridgehead atoms. The minimum atomic E-state index is -0.355. The minimum Gasteiger partial charge on any atom is -0.465 e. The van der Waals surface area contributed by atoms with E-state index in [0.717, 1.165) is 5.56 Å². The van der Waals surface area contributed by atoms with Crippen molar-refractivity contribution in [3.8, 4) is 0 Å². The number of carbonyl (C=O) groups excluding carboxylic acids is 1. The van der Waals surface area contributed by atoms with Gasteiger partial charge < -0.3 is 9.15 Å². The van der Waals surface area contributed by atoms with Crippen LogP contribution in [-0.2, 0) is 9.53 Å². The Hall–Kier alpha value is -2.55. The standard InChI is InChI=1S/C16H12O3/c1-11-4-6-12(7-5-11)15-10-13(16(17)19-15)9-14-3-2-8-18-14/h2-10H,1H3. The van der Waals surface area contributed by atoms with Crippen molar-refractivity contribution >= 4 is 17.8 Å². The largest absolute Gasteiger partial charge is 0.465 e. The molecule has 1 aromatic carbocycles. The number of rotatable bonds is 2. The molecule has 1 aromatic heterocycles. The zero-order valence-electron chi connectivity index (χ0n) is 10.4. The first-order valence-electron chi connectivity index (χ1n) is 5.98. The normalized spacial score (nSPS) is 16.6. The number of furan rings is 1. The van der Waals surface area contributed by atoms with E-state index < -0.39 is 0 Å². The fourth-order valence-corrected chi connectivity index (χ4v) is 1.88. The molecule has 2 heterocycles. The van der Waals surface area contributed by atoms with Crippen molar-refractivity contribution in [3.05, 3.63) is 71.2 Å². The second kappa shape index (κ2) is 4.61. The number of benzene rings is 1. The summed E-state index contributed by atoms with van der Waals surface area (Å²) in [4.78, 5) is 11.8. The monoisotopic (exact) mass is 252 g/mol. The fraction of sp³-hybridized carbons (Fsp3) is 0.0625. The minimum absolute atomic E-state index is 0.355. The highest BCUT2D eigenvalue weighted by molar-refractivity contribution is 6.04. The summed E-state index contributed by atoms with van der Waals surface area (Å²) >= 11 is 0. The van der Waals surface area contributed by atoms with Gasteiger partial charge in [0.2, 0.25) is 0 Å². The van der Waals surface area contributed by atoms with E-state index in [-0.39, 0.29) is 5.97 Å². The number of carbonyl (C=O) groups is 1. The number of cyclic esters (lactones) is 1. The van der Waals surface area contributed by atoms with Gasteiger partial charge in [-0.1, -0.05) is 29.8 Å². The van der Waals surface area contributed by atoms with E-state index in [4.69, 9.17) is 9.15 Å². The van der Waals surface area contributed by atoms with Crippen LogP contribution in [0.15, 0.2) is 58.7 Å². The predicted octanol–water partition coefficient (Wildman–Crippen LogP) is 3.57. The maximum absolute atomic E-state index is 11.8. The van der Waals surface area contributed by atoms with Crippen LogP contribution in [-0.4, -0.2) is 5.97 Å². The van der Waals surface area contributed by atoms with Gasteiger partial charge in [-0.2, -0.15) is 0 Å². The number of hydrogen-bond acceptors (Lipinski definition) is 3. The highest BCUT2D eigenvalue weighted by atomic mass is 16.5. The molecule has 3 nitrogen and oxygen atoms in total. The van der Waals surface area contributed by atoms with Gasteiger partial charge in [0, 0.05) is 5.56 Å². The molecule has 0 saturated heterocycles. The number of ether oxygens (including phenoxy) is 1. The molecule has 0 saturated carbocycles. The van der Waals surface area contributed by atoms with Gasteiger partial charge in [0.1, 0.15) is 11.5 Å². The van der Waals surface area contributed by atoms with Crippen LogP contribution in [0.5, 0.6) is 0 Å². The second-order valence-corrected chi connectivity index (χ2v) is 4.38. The van der Waals surface area contributed by atoms with Gasteiger partial charge in [-0.3, -0.25) is 0 Å². The van der Waals surface area contributed by atoms with E-state index in [1.54, 1.807) is 30.5 Å². The first kappa shape index (κ1) is 11.5. The highest BCUT2D eigenvalue weighted by Crippen LogP contribution is 2.27. The molecule has 3 heteroatoms. The Labute approximate surface area is 110 Å². The van der Waals surface area contributed by atoms with Gasteiger partial charge in [0.25, 0.3) is 0 Å². The molecule has 1 aliphatic rings. The first-order valence-corrected chi connectivity index (χ1v) is 5.98. The van der Waals surface area contributed by atoms with Crippen molar-refractivity contribution in [2.75, 3.05) is 0 Å². The number of aryl methyl sites for hydroxylation is 1. The van der Waals surface area contributed by atoms with E-state index in [0.29, 0.717) is 17.1 Å². The summed E-state index contributed by atoms with van der Waals surface area (Å²) < 4.78 is 10.4.